The molecule has 0 spiro atoms. The van der Waals surface area contributed by atoms with Crippen LogP contribution in [0.3, 0.4) is 0 Å². The normalized spacial score (nSPS) is 24.6. The number of rotatable bonds is 2. The van der Waals surface area contributed by atoms with Crippen molar-refractivity contribution in [2.45, 2.75) is 27.7 Å². The highest BCUT2D eigenvalue weighted by atomic mass is 15.2. The number of aliphatic imine (C=N–C) groups is 1. The summed E-state index contributed by atoms with van der Waals surface area (Å²) in [4.78, 5) is 4.10. The highest BCUT2D eigenvalue weighted by molar-refractivity contribution is 5.79. The summed E-state index contributed by atoms with van der Waals surface area (Å²) >= 11 is 0. The van der Waals surface area contributed by atoms with Crippen LogP contribution in [0.5, 0.6) is 0 Å². The molecule has 1 aliphatic carbocycles. The van der Waals surface area contributed by atoms with Crippen LogP contribution in [0, 0.1) is 16.7 Å². The standard InChI is InChI=1S/C11H23N3/c1-10(2)8(11(10,3)4)7-14-9(12-5)13-6/h8H,7H2,1-6H3,(H2,12,13,14). The first kappa shape index (κ1) is 11.3. The van der Waals surface area contributed by atoms with Crippen LogP contribution in [-0.2, 0) is 0 Å². The number of hydrogen-bond donors (Lipinski definition) is 2. The fourth-order valence-electron chi connectivity index (χ4n) is 2.32. The second-order valence-electron chi connectivity index (χ2n) is 5.20. The summed E-state index contributed by atoms with van der Waals surface area (Å²) in [5.41, 5.74) is 0.902. The van der Waals surface area contributed by atoms with Crippen LogP contribution in [0.15, 0.2) is 4.99 Å². The van der Waals surface area contributed by atoms with Crippen molar-refractivity contribution in [2.24, 2.45) is 21.7 Å². The van der Waals surface area contributed by atoms with Gasteiger partial charge in [0.25, 0.3) is 0 Å². The van der Waals surface area contributed by atoms with Crippen LogP contribution >= 0.6 is 0 Å². The fourth-order valence-corrected chi connectivity index (χ4v) is 2.32. The van der Waals surface area contributed by atoms with Crippen molar-refractivity contribution in [3.8, 4) is 0 Å². The lowest BCUT2D eigenvalue weighted by molar-refractivity contribution is 0.457. The number of guanidine groups is 1. The Morgan fingerprint density at radius 1 is 1.21 bits per heavy atom. The van der Waals surface area contributed by atoms with Crippen LogP contribution in [-0.4, -0.2) is 26.6 Å². The first-order valence-electron chi connectivity index (χ1n) is 5.26. The smallest absolute Gasteiger partial charge is 0.190 e. The molecule has 2 N–H and O–H groups in total. The maximum absolute atomic E-state index is 4.10. The van der Waals surface area contributed by atoms with E-state index in [1.54, 1.807) is 7.05 Å². The topological polar surface area (TPSA) is 36.4 Å². The maximum atomic E-state index is 4.10. The molecule has 0 atom stereocenters. The lowest BCUT2D eigenvalue weighted by atomic mass is 10.0. The Balaban J connectivity index is 2.43. The van der Waals surface area contributed by atoms with Crippen molar-refractivity contribution in [1.82, 2.24) is 10.6 Å². The van der Waals surface area contributed by atoms with Gasteiger partial charge in [-0.2, -0.15) is 0 Å². The Kier molecular flexibility index (Phi) is 2.79. The fraction of sp³-hybridized carbons (Fsp3) is 0.909. The summed E-state index contributed by atoms with van der Waals surface area (Å²) in [6, 6.07) is 0. The average molecular weight is 197 g/mol. The van der Waals surface area contributed by atoms with Crippen LogP contribution < -0.4 is 10.6 Å². The highest BCUT2D eigenvalue weighted by Gasteiger charge is 2.64. The molecule has 1 fully saturated rings. The molecule has 0 bridgehead atoms. The summed E-state index contributed by atoms with van der Waals surface area (Å²) < 4.78 is 0. The second kappa shape index (κ2) is 3.44. The van der Waals surface area contributed by atoms with E-state index < -0.39 is 0 Å². The minimum absolute atomic E-state index is 0.451. The number of nitrogens with one attached hydrogen (secondary N) is 2. The molecule has 1 rings (SSSR count). The number of hydrogen-bond acceptors (Lipinski definition) is 1. The summed E-state index contributed by atoms with van der Waals surface area (Å²) in [5, 5.41) is 6.36. The molecular formula is C11H23N3. The summed E-state index contributed by atoms with van der Waals surface area (Å²) in [6.45, 7) is 10.3. The van der Waals surface area contributed by atoms with Crippen LogP contribution in [0.25, 0.3) is 0 Å². The van der Waals surface area contributed by atoms with E-state index in [1.165, 1.54) is 0 Å². The predicted octanol–water partition coefficient (Wildman–Crippen LogP) is 1.46. The number of nitrogens with zero attached hydrogens (tertiary/aromatic N) is 1. The van der Waals surface area contributed by atoms with E-state index in [9.17, 15) is 0 Å². The third-order valence-corrected chi connectivity index (χ3v) is 4.25. The maximum Gasteiger partial charge on any atom is 0.190 e. The molecule has 1 saturated carbocycles. The van der Waals surface area contributed by atoms with Gasteiger partial charge in [0.05, 0.1) is 0 Å². The van der Waals surface area contributed by atoms with Gasteiger partial charge in [0.2, 0.25) is 0 Å². The molecule has 82 valence electrons. The average Bonchev–Trinajstić information content (AvgIpc) is 2.48. The Hall–Kier alpha value is -0.730. The third-order valence-electron chi connectivity index (χ3n) is 4.25. The van der Waals surface area contributed by atoms with Crippen molar-refractivity contribution in [1.29, 1.82) is 0 Å². The van der Waals surface area contributed by atoms with Gasteiger partial charge in [0, 0.05) is 20.6 Å². The molecule has 0 saturated heterocycles. The summed E-state index contributed by atoms with van der Waals surface area (Å²) in [6.07, 6.45) is 0. The molecule has 0 amide bonds. The predicted molar refractivity (Wildman–Crippen MR) is 61.5 cm³/mol. The van der Waals surface area contributed by atoms with E-state index >= 15 is 0 Å². The first-order chi connectivity index (χ1) is 6.37. The van der Waals surface area contributed by atoms with E-state index in [2.05, 4.69) is 43.3 Å². The Morgan fingerprint density at radius 2 is 1.71 bits per heavy atom. The van der Waals surface area contributed by atoms with Crippen LogP contribution in [0.1, 0.15) is 27.7 Å². The minimum Gasteiger partial charge on any atom is -0.359 e. The van der Waals surface area contributed by atoms with Crippen molar-refractivity contribution in [3.63, 3.8) is 0 Å². The van der Waals surface area contributed by atoms with E-state index in [0.29, 0.717) is 10.8 Å². The molecule has 1 aliphatic rings. The van der Waals surface area contributed by atoms with Gasteiger partial charge in [-0.05, 0) is 16.7 Å². The lowest BCUT2D eigenvalue weighted by Crippen LogP contribution is -2.36. The molecule has 3 heteroatoms. The zero-order valence-corrected chi connectivity index (χ0v) is 10.2. The van der Waals surface area contributed by atoms with Gasteiger partial charge < -0.3 is 10.6 Å². The second-order valence-corrected chi connectivity index (χ2v) is 5.20. The van der Waals surface area contributed by atoms with E-state index in [1.807, 2.05) is 7.05 Å². The van der Waals surface area contributed by atoms with Gasteiger partial charge >= 0.3 is 0 Å². The molecule has 14 heavy (non-hydrogen) atoms. The zero-order valence-electron chi connectivity index (χ0n) is 10.2. The largest absolute Gasteiger partial charge is 0.359 e. The van der Waals surface area contributed by atoms with Crippen molar-refractivity contribution >= 4 is 5.96 Å². The Morgan fingerprint density at radius 3 is 2.00 bits per heavy atom. The van der Waals surface area contributed by atoms with Gasteiger partial charge in [-0.15, -0.1) is 0 Å². The third kappa shape index (κ3) is 1.60. The van der Waals surface area contributed by atoms with Gasteiger partial charge in [-0.1, -0.05) is 27.7 Å². The highest BCUT2D eigenvalue weighted by Crippen LogP contribution is 2.67. The van der Waals surface area contributed by atoms with Crippen molar-refractivity contribution in [3.05, 3.63) is 0 Å². The molecule has 3 nitrogen and oxygen atoms in total. The van der Waals surface area contributed by atoms with E-state index in [0.717, 1.165) is 18.4 Å². The van der Waals surface area contributed by atoms with Crippen molar-refractivity contribution in [2.75, 3.05) is 20.6 Å². The van der Waals surface area contributed by atoms with Gasteiger partial charge in [0.15, 0.2) is 5.96 Å². The summed E-state index contributed by atoms with van der Waals surface area (Å²) in [5.74, 6) is 1.61. The van der Waals surface area contributed by atoms with Crippen LogP contribution in [0.2, 0.25) is 0 Å². The monoisotopic (exact) mass is 197 g/mol. The summed E-state index contributed by atoms with van der Waals surface area (Å²) in [7, 11) is 3.68. The van der Waals surface area contributed by atoms with Crippen molar-refractivity contribution < 1.29 is 0 Å². The molecule has 0 unspecified atom stereocenters. The SMILES string of the molecule is CN=C(NC)NCC1C(C)(C)C1(C)C. The molecular weight excluding hydrogens is 174 g/mol. The molecule has 0 aromatic carbocycles. The lowest BCUT2D eigenvalue weighted by Gasteiger charge is -2.09. The quantitative estimate of drug-likeness (QED) is 0.519. The molecule has 0 aromatic rings. The van der Waals surface area contributed by atoms with E-state index in [-0.39, 0.29) is 0 Å². The van der Waals surface area contributed by atoms with Gasteiger partial charge in [-0.3, -0.25) is 4.99 Å². The molecule has 0 heterocycles. The molecule has 0 aliphatic heterocycles. The van der Waals surface area contributed by atoms with Gasteiger partial charge in [0.1, 0.15) is 0 Å². The molecule has 0 aromatic heterocycles. The van der Waals surface area contributed by atoms with Crippen LogP contribution in [0.4, 0.5) is 0 Å². The van der Waals surface area contributed by atoms with E-state index in [4.69, 9.17) is 0 Å². The minimum atomic E-state index is 0.451. The first-order valence-corrected chi connectivity index (χ1v) is 5.26. The Labute approximate surface area is 87.4 Å². The zero-order chi connectivity index (χ0) is 11.0. The molecule has 0 radical (unpaired) electrons. The Bertz CT molecular complexity index is 227. The van der Waals surface area contributed by atoms with Gasteiger partial charge in [-0.25, -0.2) is 0 Å².